The van der Waals surface area contributed by atoms with Gasteiger partial charge in [0.05, 0.1) is 18.1 Å². The molecule has 10 heteroatoms. The topological polar surface area (TPSA) is 111 Å². The fourth-order valence-electron chi connectivity index (χ4n) is 3.66. The fourth-order valence-corrected chi connectivity index (χ4v) is 3.66. The lowest BCUT2D eigenvalue weighted by Gasteiger charge is -2.36. The van der Waals surface area contributed by atoms with Gasteiger partial charge in [-0.25, -0.2) is 4.79 Å². The van der Waals surface area contributed by atoms with Crippen LogP contribution in [0.25, 0.3) is 6.08 Å². The van der Waals surface area contributed by atoms with Crippen molar-refractivity contribution < 1.29 is 28.7 Å². The Labute approximate surface area is 210 Å². The van der Waals surface area contributed by atoms with Gasteiger partial charge in [0, 0.05) is 50.1 Å². The Morgan fingerprint density at radius 2 is 1.72 bits per heavy atom. The van der Waals surface area contributed by atoms with Gasteiger partial charge in [-0.1, -0.05) is 13.0 Å². The van der Waals surface area contributed by atoms with Crippen LogP contribution >= 0.6 is 0 Å². The molecule has 1 amide bonds. The number of rotatable bonds is 11. The SMILES string of the molecule is CCCOc1ccc(/C=C/C(=O)OCC(=O)N2CCN(c3ccc([N+](=O)[O-])cc3)CC2)cc1OCC. The molecule has 3 rings (SSSR count). The maximum Gasteiger partial charge on any atom is 0.331 e. The summed E-state index contributed by atoms with van der Waals surface area (Å²) < 4.78 is 16.4. The van der Waals surface area contributed by atoms with Gasteiger partial charge in [0.15, 0.2) is 18.1 Å². The number of amides is 1. The Balaban J connectivity index is 1.45. The van der Waals surface area contributed by atoms with Gasteiger partial charge in [-0.05, 0) is 49.2 Å². The molecule has 0 saturated carbocycles. The van der Waals surface area contributed by atoms with E-state index in [1.807, 2.05) is 19.9 Å². The summed E-state index contributed by atoms with van der Waals surface area (Å²) in [6.45, 7) is 6.74. The van der Waals surface area contributed by atoms with Crippen LogP contribution in [0.15, 0.2) is 48.5 Å². The predicted octanol–water partition coefficient (Wildman–Crippen LogP) is 3.69. The first kappa shape index (κ1) is 26.5. The molecule has 0 radical (unpaired) electrons. The lowest BCUT2D eigenvalue weighted by molar-refractivity contribution is -0.384. The Morgan fingerprint density at radius 1 is 1.00 bits per heavy atom. The van der Waals surface area contributed by atoms with Crippen molar-refractivity contribution in [2.45, 2.75) is 20.3 Å². The van der Waals surface area contributed by atoms with Crippen molar-refractivity contribution in [2.75, 3.05) is 50.9 Å². The molecule has 0 atom stereocenters. The average molecular weight is 498 g/mol. The molecule has 0 aromatic heterocycles. The quantitative estimate of drug-likeness (QED) is 0.200. The summed E-state index contributed by atoms with van der Waals surface area (Å²) in [6, 6.07) is 11.7. The predicted molar refractivity (Wildman–Crippen MR) is 135 cm³/mol. The lowest BCUT2D eigenvalue weighted by atomic mass is 10.2. The molecule has 0 N–H and O–H groups in total. The van der Waals surface area contributed by atoms with E-state index in [2.05, 4.69) is 4.90 Å². The summed E-state index contributed by atoms with van der Waals surface area (Å²) in [6.07, 6.45) is 3.76. The van der Waals surface area contributed by atoms with Crippen LogP contribution < -0.4 is 14.4 Å². The number of benzene rings is 2. The molecule has 0 unspecified atom stereocenters. The molecule has 1 fully saturated rings. The highest BCUT2D eigenvalue weighted by Crippen LogP contribution is 2.29. The summed E-state index contributed by atoms with van der Waals surface area (Å²) in [5.74, 6) is 0.371. The van der Waals surface area contributed by atoms with Gasteiger partial charge in [-0.15, -0.1) is 0 Å². The molecule has 1 aliphatic rings. The van der Waals surface area contributed by atoms with E-state index in [1.165, 1.54) is 18.2 Å². The zero-order valence-electron chi connectivity index (χ0n) is 20.6. The first-order valence-electron chi connectivity index (χ1n) is 11.9. The van der Waals surface area contributed by atoms with Crippen LogP contribution in [0.1, 0.15) is 25.8 Å². The van der Waals surface area contributed by atoms with E-state index in [9.17, 15) is 19.7 Å². The molecular weight excluding hydrogens is 466 g/mol. The van der Waals surface area contributed by atoms with Gasteiger partial charge < -0.3 is 24.0 Å². The minimum atomic E-state index is -0.614. The third-order valence-corrected chi connectivity index (χ3v) is 5.54. The molecule has 0 bridgehead atoms. The third-order valence-electron chi connectivity index (χ3n) is 5.54. The molecule has 1 heterocycles. The number of esters is 1. The average Bonchev–Trinajstić information content (AvgIpc) is 2.90. The van der Waals surface area contributed by atoms with Crippen molar-refractivity contribution in [3.63, 3.8) is 0 Å². The van der Waals surface area contributed by atoms with Crippen LogP contribution in [0, 0.1) is 10.1 Å². The van der Waals surface area contributed by atoms with Crippen LogP contribution in [-0.2, 0) is 14.3 Å². The first-order valence-corrected chi connectivity index (χ1v) is 11.9. The molecule has 10 nitrogen and oxygen atoms in total. The maximum absolute atomic E-state index is 12.5. The van der Waals surface area contributed by atoms with Crippen molar-refractivity contribution >= 4 is 29.3 Å². The normalized spacial score (nSPS) is 13.5. The smallest absolute Gasteiger partial charge is 0.331 e. The summed E-state index contributed by atoms with van der Waals surface area (Å²) in [5, 5.41) is 10.8. The van der Waals surface area contributed by atoms with E-state index in [0.717, 1.165) is 17.7 Å². The number of ether oxygens (including phenoxy) is 3. The number of anilines is 1. The van der Waals surface area contributed by atoms with Gasteiger partial charge >= 0.3 is 5.97 Å². The number of hydrogen-bond acceptors (Lipinski definition) is 8. The first-order chi connectivity index (χ1) is 17.4. The van der Waals surface area contributed by atoms with Crippen LogP contribution in [0.5, 0.6) is 11.5 Å². The van der Waals surface area contributed by atoms with Crippen molar-refractivity contribution in [1.29, 1.82) is 0 Å². The Bertz CT molecular complexity index is 1080. The van der Waals surface area contributed by atoms with E-state index in [-0.39, 0.29) is 18.2 Å². The second kappa shape index (κ2) is 13.1. The van der Waals surface area contributed by atoms with Gasteiger partial charge in [-0.2, -0.15) is 0 Å². The number of non-ortho nitro benzene ring substituents is 1. The summed E-state index contributed by atoms with van der Waals surface area (Å²) >= 11 is 0. The minimum absolute atomic E-state index is 0.0381. The second-order valence-electron chi connectivity index (χ2n) is 8.07. The third kappa shape index (κ3) is 7.46. The number of piperazine rings is 1. The van der Waals surface area contributed by atoms with Crippen molar-refractivity contribution in [1.82, 2.24) is 4.90 Å². The monoisotopic (exact) mass is 497 g/mol. The van der Waals surface area contributed by atoms with Gasteiger partial charge in [0.1, 0.15) is 0 Å². The highest BCUT2D eigenvalue weighted by molar-refractivity contribution is 5.89. The Kier molecular flexibility index (Phi) is 9.67. The molecule has 0 spiro atoms. The van der Waals surface area contributed by atoms with E-state index in [1.54, 1.807) is 35.2 Å². The Morgan fingerprint density at radius 3 is 2.36 bits per heavy atom. The largest absolute Gasteiger partial charge is 0.490 e. The maximum atomic E-state index is 12.5. The highest BCUT2D eigenvalue weighted by Gasteiger charge is 2.22. The van der Waals surface area contributed by atoms with Crippen LogP contribution in [0.2, 0.25) is 0 Å². The standard InChI is InChI=1S/C26H31N3O7/c1-3-17-35-23-11-5-20(18-24(23)34-4-2)6-12-26(31)36-19-25(30)28-15-13-27(14-16-28)21-7-9-22(10-8-21)29(32)33/h5-12,18H,3-4,13-17,19H2,1-2H3/b12-6+. The zero-order chi connectivity index (χ0) is 25.9. The number of carbonyl (C=O) groups is 2. The Hall–Kier alpha value is -4.08. The number of nitro benzene ring substituents is 1. The molecule has 2 aromatic carbocycles. The van der Waals surface area contributed by atoms with E-state index in [4.69, 9.17) is 14.2 Å². The van der Waals surface area contributed by atoms with E-state index in [0.29, 0.717) is 50.9 Å². The van der Waals surface area contributed by atoms with Crippen LogP contribution in [-0.4, -0.2) is 67.7 Å². The van der Waals surface area contributed by atoms with Gasteiger partial charge in [0.2, 0.25) is 0 Å². The zero-order valence-corrected chi connectivity index (χ0v) is 20.6. The number of nitro groups is 1. The molecule has 1 saturated heterocycles. The van der Waals surface area contributed by atoms with Crippen LogP contribution in [0.3, 0.4) is 0 Å². The number of hydrogen-bond donors (Lipinski definition) is 0. The van der Waals surface area contributed by atoms with Gasteiger partial charge in [-0.3, -0.25) is 14.9 Å². The number of carbonyl (C=O) groups excluding carboxylic acids is 2. The minimum Gasteiger partial charge on any atom is -0.490 e. The van der Waals surface area contributed by atoms with Crippen LogP contribution in [0.4, 0.5) is 11.4 Å². The second-order valence-corrected chi connectivity index (χ2v) is 8.07. The summed E-state index contributed by atoms with van der Waals surface area (Å²) in [5.41, 5.74) is 1.64. The summed E-state index contributed by atoms with van der Waals surface area (Å²) in [7, 11) is 0. The molecule has 192 valence electrons. The summed E-state index contributed by atoms with van der Waals surface area (Å²) in [4.78, 5) is 38.7. The number of nitrogens with zero attached hydrogens (tertiary/aromatic N) is 3. The molecule has 2 aromatic rings. The molecule has 1 aliphatic heterocycles. The van der Waals surface area contributed by atoms with Crippen molar-refractivity contribution in [3.05, 3.63) is 64.2 Å². The lowest BCUT2D eigenvalue weighted by Crippen LogP contribution is -2.49. The van der Waals surface area contributed by atoms with Crippen molar-refractivity contribution in [3.8, 4) is 11.5 Å². The van der Waals surface area contributed by atoms with E-state index < -0.39 is 10.9 Å². The molecule has 36 heavy (non-hydrogen) atoms. The van der Waals surface area contributed by atoms with Crippen molar-refractivity contribution in [2.24, 2.45) is 0 Å². The molecule has 0 aliphatic carbocycles. The van der Waals surface area contributed by atoms with E-state index >= 15 is 0 Å². The fraction of sp³-hybridized carbons (Fsp3) is 0.385. The van der Waals surface area contributed by atoms with Gasteiger partial charge in [0.25, 0.3) is 11.6 Å². The molecular formula is C26H31N3O7. The highest BCUT2D eigenvalue weighted by atomic mass is 16.6.